The van der Waals surface area contributed by atoms with Gasteiger partial charge in [-0.05, 0) is 18.4 Å². The second kappa shape index (κ2) is 6.13. The summed E-state index contributed by atoms with van der Waals surface area (Å²) in [6.45, 7) is 5.48. The summed E-state index contributed by atoms with van der Waals surface area (Å²) in [7, 11) is -3.73. The lowest BCUT2D eigenvalue weighted by molar-refractivity contribution is 0.463. The number of thiazole rings is 1. The fourth-order valence-corrected chi connectivity index (χ4v) is 4.81. The maximum Gasteiger partial charge on any atom is 0.305 e. The Balaban J connectivity index is 2.37. The van der Waals surface area contributed by atoms with E-state index in [4.69, 9.17) is 0 Å². The second-order valence-corrected chi connectivity index (χ2v) is 8.07. The van der Waals surface area contributed by atoms with Crippen molar-refractivity contribution in [3.63, 3.8) is 0 Å². The third-order valence-corrected chi connectivity index (χ3v) is 6.18. The molecule has 0 aliphatic carbocycles. The minimum atomic E-state index is -3.73. The molecule has 21 heavy (non-hydrogen) atoms. The van der Waals surface area contributed by atoms with Gasteiger partial charge in [0.15, 0.2) is 4.21 Å². The molecule has 0 bridgehead atoms. The topological polar surface area (TPSA) is 79.0 Å². The van der Waals surface area contributed by atoms with Crippen LogP contribution in [0.2, 0.25) is 0 Å². The first kappa shape index (κ1) is 15.9. The maximum absolute atomic E-state index is 12.5. The molecular weight excluding hydrogens is 308 g/mol. The highest BCUT2D eigenvalue weighted by Crippen LogP contribution is 2.25. The molecule has 0 radical (unpaired) electrons. The molecule has 1 aromatic heterocycles. The van der Waals surface area contributed by atoms with Crippen molar-refractivity contribution in [2.45, 2.75) is 31.0 Å². The van der Waals surface area contributed by atoms with E-state index in [1.54, 1.807) is 6.92 Å². The number of aromatic nitrogens is 1. The van der Waals surface area contributed by atoms with Gasteiger partial charge in [-0.25, -0.2) is 13.1 Å². The molecule has 2 N–H and O–H groups in total. The smallest absolute Gasteiger partial charge is 0.305 e. The van der Waals surface area contributed by atoms with E-state index in [9.17, 15) is 13.2 Å². The summed E-state index contributed by atoms with van der Waals surface area (Å²) >= 11 is 0.709. The highest BCUT2D eigenvalue weighted by atomic mass is 32.2. The molecule has 0 saturated heterocycles. The van der Waals surface area contributed by atoms with Crippen LogP contribution in [0.4, 0.5) is 0 Å². The Morgan fingerprint density at radius 2 is 1.81 bits per heavy atom. The first-order valence-electron chi connectivity index (χ1n) is 6.58. The van der Waals surface area contributed by atoms with E-state index in [2.05, 4.69) is 9.71 Å². The molecule has 114 valence electrons. The van der Waals surface area contributed by atoms with E-state index >= 15 is 0 Å². The molecule has 2 rings (SSSR count). The molecule has 0 aliphatic heterocycles. The Bertz CT molecular complexity index is 761. The van der Waals surface area contributed by atoms with Crippen LogP contribution in [0.3, 0.4) is 0 Å². The number of hydrogen-bond donors (Lipinski definition) is 2. The van der Waals surface area contributed by atoms with E-state index in [0.717, 1.165) is 5.56 Å². The van der Waals surface area contributed by atoms with Crippen molar-refractivity contribution in [3.05, 3.63) is 51.3 Å². The molecule has 1 heterocycles. The number of rotatable bonds is 5. The van der Waals surface area contributed by atoms with Gasteiger partial charge in [0.25, 0.3) is 10.0 Å². The van der Waals surface area contributed by atoms with Gasteiger partial charge < -0.3 is 4.98 Å². The van der Waals surface area contributed by atoms with E-state index in [0.29, 0.717) is 17.0 Å². The van der Waals surface area contributed by atoms with E-state index in [-0.39, 0.29) is 21.0 Å². The summed E-state index contributed by atoms with van der Waals surface area (Å²) in [5, 5.41) is 0. The van der Waals surface area contributed by atoms with E-state index in [1.807, 2.05) is 44.2 Å². The maximum atomic E-state index is 12.5. The minimum absolute atomic E-state index is 0.0501. The van der Waals surface area contributed by atoms with Crippen molar-refractivity contribution in [2.24, 2.45) is 5.92 Å². The molecular formula is C14H18N2O3S2. The molecule has 0 amide bonds. The average molecular weight is 326 g/mol. The minimum Gasteiger partial charge on any atom is -0.315 e. The average Bonchev–Trinajstić information content (AvgIpc) is 2.77. The van der Waals surface area contributed by atoms with Crippen LogP contribution in [-0.2, 0) is 10.0 Å². The standard InChI is InChI=1S/C14H18N2O3S2/c1-9(2)12(11-7-5-4-6-8-11)16-21(18,19)13-10(3)15-14(17)20-13/h4-9,12,16H,1-3H3,(H,15,17). The van der Waals surface area contributed by atoms with Crippen LogP contribution in [0.15, 0.2) is 39.3 Å². The van der Waals surface area contributed by atoms with Crippen LogP contribution in [-0.4, -0.2) is 13.4 Å². The first-order chi connectivity index (χ1) is 9.81. The molecule has 0 saturated carbocycles. The summed E-state index contributed by atoms with van der Waals surface area (Å²) in [5.41, 5.74) is 1.27. The number of aryl methyl sites for hydroxylation is 1. The number of aromatic amines is 1. The quantitative estimate of drug-likeness (QED) is 0.885. The van der Waals surface area contributed by atoms with Gasteiger partial charge in [-0.2, -0.15) is 0 Å². The van der Waals surface area contributed by atoms with Crippen LogP contribution >= 0.6 is 11.3 Å². The molecule has 1 unspecified atom stereocenters. The number of H-pyrrole nitrogens is 1. The largest absolute Gasteiger partial charge is 0.315 e. The molecule has 1 atom stereocenters. The van der Waals surface area contributed by atoms with E-state index in [1.165, 1.54) is 0 Å². The molecule has 0 aliphatic rings. The van der Waals surface area contributed by atoms with Crippen LogP contribution in [0, 0.1) is 12.8 Å². The molecule has 0 fully saturated rings. The predicted molar refractivity (Wildman–Crippen MR) is 84.0 cm³/mol. The third-order valence-electron chi connectivity index (χ3n) is 3.13. The molecule has 7 heteroatoms. The highest BCUT2D eigenvalue weighted by Gasteiger charge is 2.26. The Kier molecular flexibility index (Phi) is 4.65. The molecule has 0 spiro atoms. The summed E-state index contributed by atoms with van der Waals surface area (Å²) < 4.78 is 27.7. The second-order valence-electron chi connectivity index (χ2n) is 5.18. The van der Waals surface area contributed by atoms with Gasteiger partial charge in [0.2, 0.25) is 0 Å². The van der Waals surface area contributed by atoms with Crippen molar-refractivity contribution >= 4 is 21.4 Å². The fraction of sp³-hybridized carbons (Fsp3) is 0.357. The van der Waals surface area contributed by atoms with Gasteiger partial charge in [0, 0.05) is 11.7 Å². The number of nitrogens with one attached hydrogen (secondary N) is 2. The van der Waals surface area contributed by atoms with Gasteiger partial charge in [0.1, 0.15) is 0 Å². The highest BCUT2D eigenvalue weighted by molar-refractivity contribution is 7.91. The number of hydrogen-bond acceptors (Lipinski definition) is 4. The lowest BCUT2D eigenvalue weighted by Gasteiger charge is -2.22. The van der Waals surface area contributed by atoms with Crippen molar-refractivity contribution in [1.29, 1.82) is 0 Å². The van der Waals surface area contributed by atoms with Crippen LogP contribution in [0.25, 0.3) is 0 Å². The Morgan fingerprint density at radius 1 is 1.19 bits per heavy atom. The zero-order valence-electron chi connectivity index (χ0n) is 12.1. The number of sulfonamides is 1. The van der Waals surface area contributed by atoms with Gasteiger partial charge in [-0.1, -0.05) is 55.5 Å². The lowest BCUT2D eigenvalue weighted by Crippen LogP contribution is -2.31. The SMILES string of the molecule is Cc1[nH]c(=O)sc1S(=O)(=O)NC(c1ccccc1)C(C)C. The van der Waals surface area contributed by atoms with Crippen molar-refractivity contribution in [3.8, 4) is 0 Å². The molecule has 2 aromatic rings. The van der Waals surface area contributed by atoms with Crippen molar-refractivity contribution in [2.75, 3.05) is 0 Å². The first-order valence-corrected chi connectivity index (χ1v) is 8.88. The normalized spacial score (nSPS) is 13.5. The monoisotopic (exact) mass is 326 g/mol. The summed E-state index contributed by atoms with van der Waals surface area (Å²) in [6, 6.07) is 9.07. The third kappa shape index (κ3) is 3.61. The van der Waals surface area contributed by atoms with Gasteiger partial charge in [0.05, 0.1) is 0 Å². The molecule has 5 nitrogen and oxygen atoms in total. The van der Waals surface area contributed by atoms with Crippen LogP contribution in [0.1, 0.15) is 31.1 Å². The zero-order chi connectivity index (χ0) is 15.6. The van der Waals surface area contributed by atoms with Crippen LogP contribution in [0.5, 0.6) is 0 Å². The van der Waals surface area contributed by atoms with Gasteiger partial charge in [-0.15, -0.1) is 0 Å². The Morgan fingerprint density at radius 3 is 2.29 bits per heavy atom. The zero-order valence-corrected chi connectivity index (χ0v) is 13.7. The summed E-state index contributed by atoms with van der Waals surface area (Å²) in [6.07, 6.45) is 0. The molecule has 1 aromatic carbocycles. The summed E-state index contributed by atoms with van der Waals surface area (Å²) in [5.74, 6) is 0.0816. The van der Waals surface area contributed by atoms with Crippen molar-refractivity contribution in [1.82, 2.24) is 9.71 Å². The lowest BCUT2D eigenvalue weighted by atomic mass is 9.97. The fourth-order valence-electron chi connectivity index (χ4n) is 2.12. The summed E-state index contributed by atoms with van der Waals surface area (Å²) in [4.78, 5) is 13.5. The van der Waals surface area contributed by atoms with Gasteiger partial charge >= 0.3 is 4.87 Å². The van der Waals surface area contributed by atoms with Crippen LogP contribution < -0.4 is 9.60 Å². The predicted octanol–water partition coefficient (Wildman–Crippen LogP) is 2.42. The number of benzene rings is 1. The Labute approximate surface area is 128 Å². The van der Waals surface area contributed by atoms with Crippen molar-refractivity contribution < 1.29 is 8.42 Å². The van der Waals surface area contributed by atoms with E-state index < -0.39 is 10.0 Å². The Hall–Kier alpha value is -1.44. The van der Waals surface area contributed by atoms with Gasteiger partial charge in [-0.3, -0.25) is 4.79 Å².